The van der Waals surface area contributed by atoms with Crippen molar-refractivity contribution in [2.45, 2.75) is 38.7 Å². The molecule has 4 nitrogen and oxygen atoms in total. The molecular weight excluding hydrogens is 235 g/mol. The molecule has 1 aromatic rings. The predicted molar refractivity (Wildman–Crippen MR) is 56.2 cm³/mol. The van der Waals surface area contributed by atoms with Crippen LogP contribution in [0.1, 0.15) is 19.2 Å². The fourth-order valence-corrected chi connectivity index (χ4v) is 1.29. The van der Waals surface area contributed by atoms with Gasteiger partial charge in [-0.2, -0.15) is 13.2 Å². The summed E-state index contributed by atoms with van der Waals surface area (Å²) in [6, 6.07) is -0.0428. The van der Waals surface area contributed by atoms with Gasteiger partial charge >= 0.3 is 6.18 Å². The van der Waals surface area contributed by atoms with Crippen LogP contribution >= 0.6 is 0 Å². The molecule has 0 spiro atoms. The van der Waals surface area contributed by atoms with Crippen LogP contribution in [0, 0.1) is 0 Å². The second-order valence-electron chi connectivity index (χ2n) is 3.78. The zero-order chi connectivity index (χ0) is 12.9. The summed E-state index contributed by atoms with van der Waals surface area (Å²) in [4.78, 5) is 4.04. The summed E-state index contributed by atoms with van der Waals surface area (Å²) in [6.45, 7) is 0.522. The molecule has 0 aliphatic heterocycles. The second-order valence-corrected chi connectivity index (χ2v) is 3.78. The van der Waals surface area contributed by atoms with Crippen LogP contribution in [0.3, 0.4) is 0 Å². The first-order valence-electron chi connectivity index (χ1n) is 5.32. The van der Waals surface area contributed by atoms with E-state index in [4.69, 9.17) is 5.73 Å². The third-order valence-electron chi connectivity index (χ3n) is 2.27. The molecule has 0 aliphatic carbocycles. The number of nitrogens with zero attached hydrogens (tertiary/aromatic N) is 2. The van der Waals surface area contributed by atoms with Crippen molar-refractivity contribution in [3.63, 3.8) is 0 Å². The number of hydrogen-bond acceptors (Lipinski definition) is 3. The molecule has 7 heteroatoms. The molecule has 0 saturated carbocycles. The summed E-state index contributed by atoms with van der Waals surface area (Å²) in [5.41, 5.74) is 5.76. The standard InChI is InChI=1S/C10H16F3N3O/c1-2-8(14)5-9-15-3-4-16(9)7-17-6-10(11,12)13/h3-4,8H,2,5-7,14H2,1H3. The fourth-order valence-electron chi connectivity index (χ4n) is 1.29. The SMILES string of the molecule is CCC(N)Cc1nccn1COCC(F)(F)F. The minimum Gasteiger partial charge on any atom is -0.351 e. The summed E-state index contributed by atoms with van der Waals surface area (Å²) >= 11 is 0. The van der Waals surface area contributed by atoms with E-state index < -0.39 is 12.8 Å². The van der Waals surface area contributed by atoms with Crippen molar-refractivity contribution >= 4 is 0 Å². The second kappa shape index (κ2) is 6.02. The van der Waals surface area contributed by atoms with Crippen LogP contribution in [0.25, 0.3) is 0 Å². The lowest BCUT2D eigenvalue weighted by atomic mass is 10.1. The summed E-state index contributed by atoms with van der Waals surface area (Å²) in [5.74, 6) is 0.640. The number of halogens is 3. The number of ether oxygens (including phenoxy) is 1. The van der Waals surface area contributed by atoms with Crippen molar-refractivity contribution in [1.29, 1.82) is 0 Å². The van der Waals surface area contributed by atoms with Gasteiger partial charge in [0.25, 0.3) is 0 Å². The van der Waals surface area contributed by atoms with Crippen LogP contribution in [-0.4, -0.2) is 28.4 Å². The molecule has 0 fully saturated rings. The average Bonchev–Trinajstić information content (AvgIpc) is 2.64. The van der Waals surface area contributed by atoms with E-state index in [0.717, 1.165) is 6.42 Å². The van der Waals surface area contributed by atoms with Crippen molar-refractivity contribution in [2.75, 3.05) is 6.61 Å². The fraction of sp³-hybridized carbons (Fsp3) is 0.700. The number of hydrogen-bond donors (Lipinski definition) is 1. The van der Waals surface area contributed by atoms with Crippen LogP contribution in [0.4, 0.5) is 13.2 Å². The normalized spacial score (nSPS) is 13.9. The van der Waals surface area contributed by atoms with E-state index in [1.54, 1.807) is 6.20 Å². The van der Waals surface area contributed by atoms with E-state index in [1.807, 2.05) is 6.92 Å². The zero-order valence-electron chi connectivity index (χ0n) is 9.57. The number of aromatic nitrogens is 2. The minimum atomic E-state index is -4.30. The van der Waals surface area contributed by atoms with Gasteiger partial charge in [-0.25, -0.2) is 4.98 Å². The van der Waals surface area contributed by atoms with Crippen molar-refractivity contribution in [1.82, 2.24) is 9.55 Å². The van der Waals surface area contributed by atoms with Gasteiger partial charge in [0, 0.05) is 24.9 Å². The number of rotatable bonds is 6. The number of nitrogens with two attached hydrogens (primary N) is 1. The van der Waals surface area contributed by atoms with Gasteiger partial charge in [-0.1, -0.05) is 6.92 Å². The van der Waals surface area contributed by atoms with Crippen LogP contribution in [0.5, 0.6) is 0 Å². The van der Waals surface area contributed by atoms with E-state index in [9.17, 15) is 13.2 Å². The quantitative estimate of drug-likeness (QED) is 0.837. The highest BCUT2D eigenvalue weighted by Crippen LogP contribution is 2.15. The minimum absolute atomic E-state index is 0.0428. The topological polar surface area (TPSA) is 53.1 Å². The Labute approximate surface area is 97.6 Å². The molecular formula is C10H16F3N3O. The van der Waals surface area contributed by atoms with Gasteiger partial charge in [0.2, 0.25) is 0 Å². The molecule has 0 aromatic carbocycles. The molecule has 1 unspecified atom stereocenters. The third-order valence-corrected chi connectivity index (χ3v) is 2.27. The Morgan fingerprint density at radius 1 is 1.53 bits per heavy atom. The van der Waals surface area contributed by atoms with E-state index >= 15 is 0 Å². The third kappa shape index (κ3) is 5.18. The Bertz CT molecular complexity index is 338. The van der Waals surface area contributed by atoms with Crippen molar-refractivity contribution in [3.05, 3.63) is 18.2 Å². The van der Waals surface area contributed by atoms with Gasteiger partial charge in [-0.05, 0) is 6.42 Å². The summed E-state index contributed by atoms with van der Waals surface area (Å²) in [6.07, 6.45) is 0.110. The van der Waals surface area contributed by atoms with Crippen molar-refractivity contribution < 1.29 is 17.9 Å². The summed E-state index contributed by atoms with van der Waals surface area (Å²) < 4.78 is 41.7. The van der Waals surface area contributed by atoms with Crippen LogP contribution < -0.4 is 5.73 Å². The van der Waals surface area contributed by atoms with Crippen LogP contribution in [-0.2, 0) is 17.9 Å². The molecule has 1 heterocycles. The van der Waals surface area contributed by atoms with E-state index in [-0.39, 0.29) is 12.8 Å². The highest BCUT2D eigenvalue weighted by molar-refractivity contribution is 4.94. The Balaban J connectivity index is 2.46. The molecule has 0 saturated heterocycles. The molecule has 0 radical (unpaired) electrons. The van der Waals surface area contributed by atoms with Crippen LogP contribution in [0.2, 0.25) is 0 Å². The maximum Gasteiger partial charge on any atom is 0.411 e. The lowest BCUT2D eigenvalue weighted by Crippen LogP contribution is -2.24. The van der Waals surface area contributed by atoms with Gasteiger partial charge in [-0.15, -0.1) is 0 Å². The zero-order valence-corrected chi connectivity index (χ0v) is 9.57. The van der Waals surface area contributed by atoms with Crippen LogP contribution in [0.15, 0.2) is 12.4 Å². The lowest BCUT2D eigenvalue weighted by molar-refractivity contribution is -0.182. The first kappa shape index (κ1) is 14.0. The Morgan fingerprint density at radius 3 is 2.82 bits per heavy atom. The molecule has 98 valence electrons. The van der Waals surface area contributed by atoms with Gasteiger partial charge in [-0.3, -0.25) is 0 Å². The predicted octanol–water partition coefficient (Wildman–Crippen LogP) is 1.70. The molecule has 0 bridgehead atoms. The lowest BCUT2D eigenvalue weighted by Gasteiger charge is -2.12. The van der Waals surface area contributed by atoms with Crippen molar-refractivity contribution in [2.24, 2.45) is 5.73 Å². The smallest absolute Gasteiger partial charge is 0.351 e. The summed E-state index contributed by atoms with van der Waals surface area (Å²) in [5, 5.41) is 0. The van der Waals surface area contributed by atoms with Gasteiger partial charge in [0.15, 0.2) is 0 Å². The number of imidazole rings is 1. The molecule has 1 aromatic heterocycles. The highest BCUT2D eigenvalue weighted by atomic mass is 19.4. The van der Waals surface area contributed by atoms with Gasteiger partial charge in [0.1, 0.15) is 19.2 Å². The van der Waals surface area contributed by atoms with Crippen molar-refractivity contribution in [3.8, 4) is 0 Å². The monoisotopic (exact) mass is 251 g/mol. The maximum absolute atomic E-state index is 11.9. The molecule has 0 amide bonds. The van der Waals surface area contributed by atoms with E-state index in [0.29, 0.717) is 12.2 Å². The van der Waals surface area contributed by atoms with Gasteiger partial charge < -0.3 is 15.0 Å². The molecule has 0 aliphatic rings. The molecule has 1 atom stereocenters. The Morgan fingerprint density at radius 2 is 2.24 bits per heavy atom. The maximum atomic E-state index is 11.9. The van der Waals surface area contributed by atoms with E-state index in [2.05, 4.69) is 9.72 Å². The largest absolute Gasteiger partial charge is 0.411 e. The summed E-state index contributed by atoms with van der Waals surface area (Å²) in [7, 11) is 0. The Hall–Kier alpha value is -1.08. The Kier molecular flexibility index (Phi) is 4.95. The first-order chi connectivity index (χ1) is 7.92. The molecule has 17 heavy (non-hydrogen) atoms. The first-order valence-corrected chi connectivity index (χ1v) is 5.32. The molecule has 2 N–H and O–H groups in total. The average molecular weight is 251 g/mol. The highest BCUT2D eigenvalue weighted by Gasteiger charge is 2.27. The molecule has 1 rings (SSSR count). The van der Waals surface area contributed by atoms with E-state index in [1.165, 1.54) is 10.8 Å². The van der Waals surface area contributed by atoms with Gasteiger partial charge in [0.05, 0.1) is 0 Å². The number of alkyl halides is 3.